The Balaban J connectivity index is -0.000000107. The average molecular weight is 443 g/mol. The molecule has 80 valence electrons. The van der Waals surface area contributed by atoms with Crippen molar-refractivity contribution in [2.45, 2.75) is 6.42 Å². The van der Waals surface area contributed by atoms with Crippen molar-refractivity contribution in [3.05, 3.63) is 0 Å². The van der Waals surface area contributed by atoms with Crippen LogP contribution in [0.4, 0.5) is 0 Å². The molecular weight excluding hydrogens is 425 g/mol. The summed E-state index contributed by atoms with van der Waals surface area (Å²) in [6, 6.07) is 0. The second-order valence-corrected chi connectivity index (χ2v) is 2.96. The minimum Gasteiger partial charge on any atom is -1.00 e. The molecule has 0 aromatic heterocycles. The fourth-order valence-corrected chi connectivity index (χ4v) is 0.703. The van der Waals surface area contributed by atoms with E-state index in [4.69, 9.17) is 0 Å². The molecule has 0 radical (unpaired) electrons. The van der Waals surface area contributed by atoms with Crippen LogP contribution in [0.15, 0.2) is 0 Å². The molecule has 0 unspecified atom stereocenters. The molecular formula is C7H18I2N2Ni. The van der Waals surface area contributed by atoms with Crippen LogP contribution in [0.1, 0.15) is 6.42 Å². The van der Waals surface area contributed by atoms with Gasteiger partial charge in [0.1, 0.15) is 0 Å². The Hall–Kier alpha value is 1.87. The van der Waals surface area contributed by atoms with Gasteiger partial charge in [0, 0.05) is 0 Å². The molecule has 5 heteroatoms. The summed E-state index contributed by atoms with van der Waals surface area (Å²) >= 11 is 0. The Labute approximate surface area is 121 Å². The molecule has 12 heavy (non-hydrogen) atoms. The van der Waals surface area contributed by atoms with Gasteiger partial charge in [-0.25, -0.2) is 0 Å². The fourth-order valence-electron chi connectivity index (χ4n) is 0.703. The summed E-state index contributed by atoms with van der Waals surface area (Å²) in [4.78, 5) is 4.42. The first-order chi connectivity index (χ1) is 4.13. The van der Waals surface area contributed by atoms with Crippen LogP contribution in [0.2, 0.25) is 0 Å². The first kappa shape index (κ1) is 23.6. The van der Waals surface area contributed by atoms with E-state index in [0.29, 0.717) is 0 Å². The van der Waals surface area contributed by atoms with E-state index in [1.165, 1.54) is 19.5 Å². The van der Waals surface area contributed by atoms with Crippen LogP contribution >= 0.6 is 0 Å². The van der Waals surface area contributed by atoms with Crippen LogP contribution in [0.3, 0.4) is 0 Å². The zero-order valence-electron chi connectivity index (χ0n) is 8.09. The molecule has 0 aliphatic heterocycles. The standard InChI is InChI=1S/C7H18N2.2HI.Ni/c1-8(2)6-5-7-9(3)4;;;/h5-7H2,1-4H3;2*1H;/q;;;+2/p-2. The van der Waals surface area contributed by atoms with Crippen LogP contribution < -0.4 is 48.0 Å². The molecule has 0 aromatic carbocycles. The Morgan fingerprint density at radius 2 is 1.00 bits per heavy atom. The Kier molecular flexibility index (Phi) is 30.2. The van der Waals surface area contributed by atoms with Crippen LogP contribution in [-0.2, 0) is 16.5 Å². The molecule has 2 nitrogen and oxygen atoms in total. The summed E-state index contributed by atoms with van der Waals surface area (Å²) < 4.78 is 0. The van der Waals surface area contributed by atoms with Gasteiger partial charge >= 0.3 is 16.5 Å². The summed E-state index contributed by atoms with van der Waals surface area (Å²) in [5.41, 5.74) is 0. The molecule has 0 saturated carbocycles. The number of rotatable bonds is 4. The van der Waals surface area contributed by atoms with Gasteiger partial charge in [0.05, 0.1) is 0 Å². The largest absolute Gasteiger partial charge is 2.00 e. The number of nitrogens with zero attached hydrogens (tertiary/aromatic N) is 2. The van der Waals surface area contributed by atoms with E-state index in [1.54, 1.807) is 0 Å². The molecule has 0 atom stereocenters. The molecule has 0 saturated heterocycles. The molecule has 0 spiro atoms. The van der Waals surface area contributed by atoms with Crippen molar-refractivity contribution in [2.24, 2.45) is 0 Å². The summed E-state index contributed by atoms with van der Waals surface area (Å²) in [6.45, 7) is 2.39. The van der Waals surface area contributed by atoms with Gasteiger partial charge in [0.2, 0.25) is 0 Å². The van der Waals surface area contributed by atoms with Crippen LogP contribution in [0.25, 0.3) is 0 Å². The summed E-state index contributed by atoms with van der Waals surface area (Å²) in [7, 11) is 8.43. The predicted molar refractivity (Wildman–Crippen MR) is 41.7 cm³/mol. The topological polar surface area (TPSA) is 6.48 Å². The Bertz CT molecular complexity index is 64.4. The smallest absolute Gasteiger partial charge is 1.00 e. The van der Waals surface area contributed by atoms with Crippen LogP contribution in [-0.4, -0.2) is 51.1 Å². The number of hydrogen-bond donors (Lipinski definition) is 0. The Morgan fingerprint density at radius 3 is 1.17 bits per heavy atom. The van der Waals surface area contributed by atoms with Gasteiger partial charge in [-0.15, -0.1) is 0 Å². The summed E-state index contributed by atoms with van der Waals surface area (Å²) in [5.74, 6) is 0. The van der Waals surface area contributed by atoms with Crippen molar-refractivity contribution < 1.29 is 64.4 Å². The van der Waals surface area contributed by atoms with E-state index in [2.05, 4.69) is 38.0 Å². The predicted octanol–water partition coefficient (Wildman–Crippen LogP) is -5.49. The number of halogens is 2. The molecule has 0 aliphatic rings. The van der Waals surface area contributed by atoms with Gasteiger partial charge in [0.15, 0.2) is 0 Å². The van der Waals surface area contributed by atoms with E-state index >= 15 is 0 Å². The van der Waals surface area contributed by atoms with E-state index in [1.807, 2.05) is 0 Å². The third kappa shape index (κ3) is 22.6. The van der Waals surface area contributed by atoms with E-state index in [9.17, 15) is 0 Å². The van der Waals surface area contributed by atoms with E-state index in [-0.39, 0.29) is 64.4 Å². The van der Waals surface area contributed by atoms with Crippen molar-refractivity contribution >= 4 is 0 Å². The van der Waals surface area contributed by atoms with Gasteiger partial charge in [-0.3, -0.25) is 0 Å². The second-order valence-electron chi connectivity index (χ2n) is 2.96. The summed E-state index contributed by atoms with van der Waals surface area (Å²) in [6.07, 6.45) is 1.26. The van der Waals surface area contributed by atoms with Crippen molar-refractivity contribution in [1.82, 2.24) is 9.80 Å². The average Bonchev–Trinajstić information content (AvgIpc) is 1.63. The van der Waals surface area contributed by atoms with Gasteiger partial charge in [-0.2, -0.15) is 0 Å². The summed E-state index contributed by atoms with van der Waals surface area (Å²) in [5, 5.41) is 0. The molecule has 0 N–H and O–H groups in total. The molecule has 0 heterocycles. The van der Waals surface area contributed by atoms with Gasteiger partial charge < -0.3 is 57.8 Å². The molecule has 0 rings (SSSR count). The van der Waals surface area contributed by atoms with E-state index < -0.39 is 0 Å². The quantitative estimate of drug-likeness (QED) is 0.317. The normalized spacial score (nSPS) is 8.50. The van der Waals surface area contributed by atoms with Gasteiger partial charge in [-0.1, -0.05) is 0 Å². The minimum absolute atomic E-state index is 0. The second kappa shape index (κ2) is 15.4. The third-order valence-corrected chi connectivity index (χ3v) is 1.21. The molecule has 0 fully saturated rings. The van der Waals surface area contributed by atoms with Crippen molar-refractivity contribution in [1.29, 1.82) is 0 Å². The van der Waals surface area contributed by atoms with Crippen molar-refractivity contribution in [3.63, 3.8) is 0 Å². The maximum Gasteiger partial charge on any atom is 2.00 e. The SMILES string of the molecule is CN(C)CCCN(C)C.[I-].[I-].[Ni+2]. The number of hydrogen-bond acceptors (Lipinski definition) is 2. The van der Waals surface area contributed by atoms with E-state index in [0.717, 1.165) is 0 Å². The van der Waals surface area contributed by atoms with Gasteiger partial charge in [-0.05, 0) is 47.7 Å². The van der Waals surface area contributed by atoms with Gasteiger partial charge in [0.25, 0.3) is 0 Å². The monoisotopic (exact) mass is 442 g/mol. The molecule has 0 aliphatic carbocycles. The fraction of sp³-hybridized carbons (Fsp3) is 1.00. The first-order valence-corrected chi connectivity index (χ1v) is 3.42. The maximum atomic E-state index is 2.21. The molecule has 0 bridgehead atoms. The third-order valence-electron chi connectivity index (χ3n) is 1.21. The van der Waals surface area contributed by atoms with Crippen molar-refractivity contribution in [3.8, 4) is 0 Å². The first-order valence-electron chi connectivity index (χ1n) is 3.42. The van der Waals surface area contributed by atoms with Crippen LogP contribution in [0.5, 0.6) is 0 Å². The maximum absolute atomic E-state index is 2.21. The van der Waals surface area contributed by atoms with Crippen LogP contribution in [0, 0.1) is 0 Å². The molecule has 0 amide bonds. The van der Waals surface area contributed by atoms with Crippen molar-refractivity contribution in [2.75, 3.05) is 41.3 Å². The zero-order valence-corrected chi connectivity index (χ0v) is 13.4. The Morgan fingerprint density at radius 1 is 0.750 bits per heavy atom. The zero-order chi connectivity index (χ0) is 7.28. The minimum atomic E-state index is 0. The molecule has 0 aromatic rings.